The minimum absolute atomic E-state index is 0.177. The standard InChI is InChI=1S/C21H26N2O7/c1-2-3-11-28-14-23-18(25)9-10-22(21(23)27)19-17(12-16(13-24)29-19)30-20(26)15-7-5-4-6-8-15/h4-10,16-17,19,24H,2-3,11-14H2,1H3/t16-,17-,19+/m0/s1. The molecule has 3 rings (SSSR count). The summed E-state index contributed by atoms with van der Waals surface area (Å²) < 4.78 is 18.9. The molecule has 1 N–H and O–H groups in total. The maximum atomic E-state index is 12.9. The van der Waals surface area contributed by atoms with Gasteiger partial charge in [0.1, 0.15) is 12.8 Å². The molecule has 0 unspecified atom stereocenters. The number of rotatable bonds is 9. The van der Waals surface area contributed by atoms with E-state index >= 15 is 0 Å². The molecule has 0 spiro atoms. The third-order valence-corrected chi connectivity index (χ3v) is 4.85. The molecule has 0 radical (unpaired) electrons. The molecule has 3 atom stereocenters. The Bertz CT molecular complexity index is 954. The summed E-state index contributed by atoms with van der Waals surface area (Å²) in [6, 6.07) is 9.69. The lowest BCUT2D eigenvalue weighted by molar-refractivity contribution is -0.0616. The molecule has 1 aliphatic rings. The lowest BCUT2D eigenvalue weighted by Crippen LogP contribution is -2.43. The number of aromatic nitrogens is 2. The minimum Gasteiger partial charge on any atom is -0.454 e. The van der Waals surface area contributed by atoms with Gasteiger partial charge in [0.05, 0.1) is 18.3 Å². The molecular weight excluding hydrogens is 392 g/mol. The minimum atomic E-state index is -0.968. The van der Waals surface area contributed by atoms with Crippen LogP contribution in [0.2, 0.25) is 0 Å². The van der Waals surface area contributed by atoms with Gasteiger partial charge in [-0.15, -0.1) is 0 Å². The summed E-state index contributed by atoms with van der Waals surface area (Å²) >= 11 is 0. The number of benzene rings is 1. The predicted molar refractivity (Wildman–Crippen MR) is 107 cm³/mol. The highest BCUT2D eigenvalue weighted by molar-refractivity contribution is 5.89. The molecule has 1 aromatic heterocycles. The summed E-state index contributed by atoms with van der Waals surface area (Å²) in [6.07, 6.45) is 0.901. The third-order valence-electron chi connectivity index (χ3n) is 4.85. The van der Waals surface area contributed by atoms with E-state index in [1.54, 1.807) is 30.3 Å². The van der Waals surface area contributed by atoms with Crippen LogP contribution in [0.5, 0.6) is 0 Å². The molecule has 9 nitrogen and oxygen atoms in total. The fraction of sp³-hybridized carbons (Fsp3) is 0.476. The van der Waals surface area contributed by atoms with Gasteiger partial charge in [0.15, 0.2) is 6.23 Å². The number of esters is 1. The van der Waals surface area contributed by atoms with Crippen molar-refractivity contribution in [3.63, 3.8) is 0 Å². The summed E-state index contributed by atoms with van der Waals surface area (Å²) in [5.41, 5.74) is -0.768. The van der Waals surface area contributed by atoms with Crippen LogP contribution in [0.1, 0.15) is 42.8 Å². The Morgan fingerprint density at radius 3 is 2.70 bits per heavy atom. The van der Waals surface area contributed by atoms with Crippen molar-refractivity contribution in [2.24, 2.45) is 0 Å². The normalized spacial score (nSPS) is 20.9. The number of carbonyl (C=O) groups excluding carboxylic acids is 1. The first-order valence-corrected chi connectivity index (χ1v) is 9.97. The Hall–Kier alpha value is -2.75. The van der Waals surface area contributed by atoms with Crippen molar-refractivity contribution in [2.45, 2.75) is 51.4 Å². The summed E-state index contributed by atoms with van der Waals surface area (Å²) in [7, 11) is 0. The van der Waals surface area contributed by atoms with E-state index < -0.39 is 35.7 Å². The maximum absolute atomic E-state index is 12.9. The van der Waals surface area contributed by atoms with E-state index in [-0.39, 0.29) is 19.8 Å². The van der Waals surface area contributed by atoms with Gasteiger partial charge in [0, 0.05) is 25.3 Å². The smallest absolute Gasteiger partial charge is 0.338 e. The first kappa shape index (κ1) is 21.9. The quantitative estimate of drug-likeness (QED) is 0.483. The highest BCUT2D eigenvalue weighted by Crippen LogP contribution is 2.30. The molecule has 0 amide bonds. The van der Waals surface area contributed by atoms with Crippen molar-refractivity contribution in [3.05, 3.63) is 69.0 Å². The molecule has 9 heteroatoms. The van der Waals surface area contributed by atoms with Gasteiger partial charge in [-0.05, 0) is 18.6 Å². The molecule has 2 heterocycles. The zero-order valence-corrected chi connectivity index (χ0v) is 16.8. The van der Waals surface area contributed by atoms with Gasteiger partial charge < -0.3 is 19.3 Å². The van der Waals surface area contributed by atoms with Crippen LogP contribution in [0.3, 0.4) is 0 Å². The van der Waals surface area contributed by atoms with Gasteiger partial charge in [-0.2, -0.15) is 0 Å². The lowest BCUT2D eigenvalue weighted by atomic mass is 10.2. The molecule has 162 valence electrons. The number of ether oxygens (including phenoxy) is 3. The molecule has 1 aromatic carbocycles. The summed E-state index contributed by atoms with van der Waals surface area (Å²) in [6.45, 7) is 1.98. The van der Waals surface area contributed by atoms with E-state index in [2.05, 4.69) is 0 Å². The van der Waals surface area contributed by atoms with Crippen LogP contribution in [0, 0.1) is 0 Å². The van der Waals surface area contributed by atoms with E-state index in [9.17, 15) is 19.5 Å². The number of carbonyl (C=O) groups is 1. The Kier molecular flexibility index (Phi) is 7.56. The SMILES string of the molecule is CCCCOCn1c(=O)ccn([C@@H]2O[C@H](CO)C[C@@H]2OC(=O)c2ccccc2)c1=O. The maximum Gasteiger partial charge on any atom is 0.338 e. The van der Waals surface area contributed by atoms with E-state index in [4.69, 9.17) is 14.2 Å². The topological polar surface area (TPSA) is 109 Å². The van der Waals surface area contributed by atoms with Crippen LogP contribution in [-0.2, 0) is 20.9 Å². The highest BCUT2D eigenvalue weighted by Gasteiger charge is 2.40. The van der Waals surface area contributed by atoms with Gasteiger partial charge >= 0.3 is 11.7 Å². The van der Waals surface area contributed by atoms with Crippen LogP contribution >= 0.6 is 0 Å². The van der Waals surface area contributed by atoms with Crippen LogP contribution < -0.4 is 11.2 Å². The summed E-state index contributed by atoms with van der Waals surface area (Å²) in [5.74, 6) is -0.558. The monoisotopic (exact) mass is 418 g/mol. The molecule has 1 fully saturated rings. The molecule has 0 saturated carbocycles. The summed E-state index contributed by atoms with van der Waals surface area (Å²) in [5, 5.41) is 9.51. The van der Waals surface area contributed by atoms with Crippen molar-refractivity contribution in [2.75, 3.05) is 13.2 Å². The second kappa shape index (κ2) is 10.3. The van der Waals surface area contributed by atoms with E-state index in [0.717, 1.165) is 17.4 Å². The number of unbranched alkanes of at least 4 members (excludes halogenated alkanes) is 1. The first-order chi connectivity index (χ1) is 14.5. The first-order valence-electron chi connectivity index (χ1n) is 9.97. The average molecular weight is 418 g/mol. The average Bonchev–Trinajstić information content (AvgIpc) is 3.16. The van der Waals surface area contributed by atoms with Gasteiger partial charge in [0.2, 0.25) is 0 Å². The predicted octanol–water partition coefficient (Wildman–Crippen LogP) is 1.29. The van der Waals surface area contributed by atoms with E-state index in [1.807, 2.05) is 6.92 Å². The zero-order valence-electron chi connectivity index (χ0n) is 16.8. The van der Waals surface area contributed by atoms with Crippen molar-refractivity contribution in [1.82, 2.24) is 9.13 Å². The number of nitrogens with zero attached hydrogens (tertiary/aromatic N) is 2. The Balaban J connectivity index is 1.83. The molecule has 0 aliphatic carbocycles. The van der Waals surface area contributed by atoms with Crippen LogP contribution in [0.25, 0.3) is 0 Å². The number of aliphatic hydroxyl groups is 1. The second-order valence-corrected chi connectivity index (χ2v) is 7.04. The fourth-order valence-corrected chi connectivity index (χ4v) is 3.21. The van der Waals surface area contributed by atoms with E-state index in [1.165, 1.54) is 16.8 Å². The number of hydrogen-bond donors (Lipinski definition) is 1. The molecule has 0 bridgehead atoms. The molecule has 2 aromatic rings. The fourth-order valence-electron chi connectivity index (χ4n) is 3.21. The lowest BCUT2D eigenvalue weighted by Gasteiger charge is -2.22. The van der Waals surface area contributed by atoms with Crippen LogP contribution in [-0.4, -0.2) is 45.6 Å². The molecule has 1 aliphatic heterocycles. The van der Waals surface area contributed by atoms with Crippen LogP contribution in [0.4, 0.5) is 0 Å². The largest absolute Gasteiger partial charge is 0.454 e. The molecular formula is C21H26N2O7. The Morgan fingerprint density at radius 1 is 1.23 bits per heavy atom. The van der Waals surface area contributed by atoms with E-state index in [0.29, 0.717) is 12.2 Å². The van der Waals surface area contributed by atoms with Crippen LogP contribution in [0.15, 0.2) is 52.2 Å². The van der Waals surface area contributed by atoms with Gasteiger partial charge in [0.25, 0.3) is 5.56 Å². The zero-order chi connectivity index (χ0) is 21.5. The highest BCUT2D eigenvalue weighted by atomic mass is 16.6. The Labute approximate surface area is 173 Å². The van der Waals surface area contributed by atoms with Gasteiger partial charge in [-0.25, -0.2) is 14.2 Å². The van der Waals surface area contributed by atoms with Gasteiger partial charge in [-0.3, -0.25) is 9.36 Å². The molecule has 1 saturated heterocycles. The van der Waals surface area contributed by atoms with Gasteiger partial charge in [-0.1, -0.05) is 31.5 Å². The van der Waals surface area contributed by atoms with Crippen molar-refractivity contribution < 1.29 is 24.1 Å². The Morgan fingerprint density at radius 2 is 2.00 bits per heavy atom. The van der Waals surface area contributed by atoms with Crippen molar-refractivity contribution >= 4 is 5.97 Å². The van der Waals surface area contributed by atoms with Crippen molar-refractivity contribution in [1.29, 1.82) is 0 Å². The third kappa shape index (κ3) is 5.05. The number of aliphatic hydroxyl groups excluding tert-OH is 1. The molecule has 30 heavy (non-hydrogen) atoms. The number of hydrogen-bond acceptors (Lipinski definition) is 7. The van der Waals surface area contributed by atoms with Crippen molar-refractivity contribution in [3.8, 4) is 0 Å². The second-order valence-electron chi connectivity index (χ2n) is 7.04. The summed E-state index contributed by atoms with van der Waals surface area (Å²) in [4.78, 5) is 37.5.